The van der Waals surface area contributed by atoms with E-state index in [2.05, 4.69) is 10.0 Å². The number of hydrogen-bond donors (Lipinski definition) is 2. The average Bonchev–Trinajstić information content (AvgIpc) is 2.63. The summed E-state index contributed by atoms with van der Waals surface area (Å²) < 4.78 is 31.7. The van der Waals surface area contributed by atoms with Crippen molar-refractivity contribution in [2.45, 2.75) is 38.2 Å². The highest BCUT2D eigenvalue weighted by Gasteiger charge is 2.20. The number of ether oxygens (including phenoxy) is 1. The SMILES string of the molecule is Cc1ccc(NC(=O)C(C)OC(=O)CCNS(=O)(=O)c2cccc(Cl)c2)c(C)c1. The number of carbonyl (C=O) groups excluding carboxylic acids is 2. The number of nitrogens with one attached hydrogen (secondary N) is 2. The van der Waals surface area contributed by atoms with Gasteiger partial charge < -0.3 is 10.1 Å². The number of rotatable bonds is 8. The van der Waals surface area contributed by atoms with Crippen LogP contribution in [0.2, 0.25) is 5.02 Å². The maximum absolute atomic E-state index is 12.2. The van der Waals surface area contributed by atoms with Crippen LogP contribution in [0.5, 0.6) is 0 Å². The summed E-state index contributed by atoms with van der Waals surface area (Å²) in [6.07, 6.45) is -1.24. The van der Waals surface area contributed by atoms with Gasteiger partial charge in [0.25, 0.3) is 5.91 Å². The van der Waals surface area contributed by atoms with E-state index in [1.807, 2.05) is 26.0 Å². The van der Waals surface area contributed by atoms with Crippen LogP contribution < -0.4 is 10.0 Å². The Kier molecular flexibility index (Phi) is 7.78. The number of anilines is 1. The molecule has 2 rings (SSSR count). The lowest BCUT2D eigenvalue weighted by molar-refractivity contribution is -0.152. The Hall–Kier alpha value is -2.42. The molecule has 2 aromatic carbocycles. The molecule has 0 aliphatic rings. The summed E-state index contributed by atoms with van der Waals surface area (Å²) in [5, 5.41) is 3.00. The zero-order chi connectivity index (χ0) is 21.6. The van der Waals surface area contributed by atoms with Crippen molar-refractivity contribution in [1.29, 1.82) is 0 Å². The number of hydrogen-bond acceptors (Lipinski definition) is 5. The summed E-state index contributed by atoms with van der Waals surface area (Å²) in [6.45, 7) is 5.10. The number of sulfonamides is 1. The van der Waals surface area contributed by atoms with Crippen LogP contribution in [0.3, 0.4) is 0 Å². The molecular weight excluding hydrogens is 416 g/mol. The number of halogens is 1. The average molecular weight is 439 g/mol. The van der Waals surface area contributed by atoms with E-state index in [0.29, 0.717) is 5.69 Å². The van der Waals surface area contributed by atoms with E-state index in [4.69, 9.17) is 16.3 Å². The fourth-order valence-electron chi connectivity index (χ4n) is 2.50. The van der Waals surface area contributed by atoms with Gasteiger partial charge in [-0.05, 0) is 50.6 Å². The Balaban J connectivity index is 1.83. The molecule has 0 spiro atoms. The van der Waals surface area contributed by atoms with Gasteiger partial charge in [-0.15, -0.1) is 0 Å². The predicted octanol–water partition coefficient (Wildman–Crippen LogP) is 3.20. The molecule has 9 heteroatoms. The standard InChI is InChI=1S/C20H23ClN2O5S/c1-13-7-8-18(14(2)11-13)23-20(25)15(3)28-19(24)9-10-22-29(26,27)17-6-4-5-16(21)12-17/h4-8,11-12,15,22H,9-10H2,1-3H3,(H,23,25). The minimum atomic E-state index is -3.79. The van der Waals surface area contributed by atoms with Crippen molar-refractivity contribution in [2.24, 2.45) is 0 Å². The van der Waals surface area contributed by atoms with Crippen LogP contribution in [0, 0.1) is 13.8 Å². The fourth-order valence-corrected chi connectivity index (χ4v) is 3.84. The number of amides is 1. The molecule has 0 aliphatic heterocycles. The Morgan fingerprint density at radius 1 is 1.14 bits per heavy atom. The lowest BCUT2D eigenvalue weighted by Gasteiger charge is -2.15. The first-order valence-electron chi connectivity index (χ1n) is 8.91. The molecule has 0 saturated carbocycles. The van der Waals surface area contributed by atoms with Crippen molar-refractivity contribution in [1.82, 2.24) is 4.72 Å². The molecule has 0 saturated heterocycles. The first-order valence-corrected chi connectivity index (χ1v) is 10.8. The Morgan fingerprint density at radius 2 is 1.86 bits per heavy atom. The van der Waals surface area contributed by atoms with Gasteiger partial charge in [0.05, 0.1) is 11.3 Å². The van der Waals surface area contributed by atoms with E-state index in [-0.39, 0.29) is 22.9 Å². The molecular formula is C20H23ClN2O5S. The summed E-state index contributed by atoms with van der Waals surface area (Å²) in [5.41, 5.74) is 2.60. The molecule has 156 valence electrons. The van der Waals surface area contributed by atoms with Crippen LogP contribution >= 0.6 is 11.6 Å². The predicted molar refractivity (Wildman–Crippen MR) is 111 cm³/mol. The van der Waals surface area contributed by atoms with Gasteiger partial charge in [0.15, 0.2) is 6.10 Å². The molecule has 2 aromatic rings. The van der Waals surface area contributed by atoms with Crippen LogP contribution in [0.4, 0.5) is 5.69 Å². The van der Waals surface area contributed by atoms with Crippen molar-refractivity contribution in [2.75, 3.05) is 11.9 Å². The molecule has 1 unspecified atom stereocenters. The van der Waals surface area contributed by atoms with Crippen molar-refractivity contribution >= 4 is 39.2 Å². The van der Waals surface area contributed by atoms with Gasteiger partial charge in [0.1, 0.15) is 0 Å². The highest BCUT2D eigenvalue weighted by Crippen LogP contribution is 2.17. The number of aryl methyl sites for hydroxylation is 2. The van der Waals surface area contributed by atoms with Gasteiger partial charge in [-0.1, -0.05) is 35.4 Å². The lowest BCUT2D eigenvalue weighted by atomic mass is 10.1. The lowest BCUT2D eigenvalue weighted by Crippen LogP contribution is -2.32. The van der Waals surface area contributed by atoms with E-state index in [1.165, 1.54) is 25.1 Å². The molecule has 0 bridgehead atoms. The number of carbonyl (C=O) groups is 2. The second-order valence-electron chi connectivity index (χ2n) is 6.54. The zero-order valence-corrected chi connectivity index (χ0v) is 17.9. The van der Waals surface area contributed by atoms with Gasteiger partial charge in [0.2, 0.25) is 10.0 Å². The number of esters is 1. The van der Waals surface area contributed by atoms with Gasteiger partial charge in [-0.25, -0.2) is 13.1 Å². The van der Waals surface area contributed by atoms with Crippen molar-refractivity contribution in [3.8, 4) is 0 Å². The summed E-state index contributed by atoms with van der Waals surface area (Å²) in [4.78, 5) is 24.2. The van der Waals surface area contributed by atoms with E-state index in [0.717, 1.165) is 11.1 Å². The van der Waals surface area contributed by atoms with Crippen molar-refractivity contribution in [3.63, 3.8) is 0 Å². The fraction of sp³-hybridized carbons (Fsp3) is 0.300. The summed E-state index contributed by atoms with van der Waals surface area (Å²) in [5.74, 6) is -1.16. The van der Waals surface area contributed by atoms with Crippen LogP contribution in [-0.4, -0.2) is 32.9 Å². The Labute approximate surface area is 175 Å². The minimum Gasteiger partial charge on any atom is -0.452 e. The van der Waals surface area contributed by atoms with Crippen LogP contribution in [0.25, 0.3) is 0 Å². The zero-order valence-electron chi connectivity index (χ0n) is 16.4. The van der Waals surface area contributed by atoms with Crippen molar-refractivity contribution in [3.05, 3.63) is 58.6 Å². The van der Waals surface area contributed by atoms with Crippen LogP contribution in [-0.2, 0) is 24.3 Å². The summed E-state index contributed by atoms with van der Waals surface area (Å²) >= 11 is 5.79. The summed E-state index contributed by atoms with van der Waals surface area (Å²) in [7, 11) is -3.79. The minimum absolute atomic E-state index is 0.000388. The highest BCUT2D eigenvalue weighted by molar-refractivity contribution is 7.89. The second kappa shape index (κ2) is 9.87. The molecule has 2 N–H and O–H groups in total. The molecule has 0 heterocycles. The maximum atomic E-state index is 12.2. The normalized spacial score (nSPS) is 12.3. The van der Waals surface area contributed by atoms with Crippen LogP contribution in [0.15, 0.2) is 47.4 Å². The monoisotopic (exact) mass is 438 g/mol. The van der Waals surface area contributed by atoms with Crippen molar-refractivity contribution < 1.29 is 22.7 Å². The molecule has 29 heavy (non-hydrogen) atoms. The molecule has 7 nitrogen and oxygen atoms in total. The molecule has 0 fully saturated rings. The maximum Gasteiger partial charge on any atom is 0.307 e. The third kappa shape index (κ3) is 6.85. The highest BCUT2D eigenvalue weighted by atomic mass is 35.5. The first kappa shape index (κ1) is 22.9. The van der Waals surface area contributed by atoms with E-state index < -0.39 is 28.0 Å². The van der Waals surface area contributed by atoms with Gasteiger partial charge in [-0.3, -0.25) is 9.59 Å². The molecule has 1 atom stereocenters. The number of benzene rings is 2. The molecule has 1 amide bonds. The van der Waals surface area contributed by atoms with E-state index >= 15 is 0 Å². The van der Waals surface area contributed by atoms with Gasteiger partial charge >= 0.3 is 5.97 Å². The van der Waals surface area contributed by atoms with Gasteiger partial charge in [0, 0.05) is 17.3 Å². The van der Waals surface area contributed by atoms with E-state index in [1.54, 1.807) is 12.1 Å². The van der Waals surface area contributed by atoms with Gasteiger partial charge in [-0.2, -0.15) is 0 Å². The molecule has 0 aromatic heterocycles. The van der Waals surface area contributed by atoms with Crippen LogP contribution in [0.1, 0.15) is 24.5 Å². The molecule has 0 radical (unpaired) electrons. The van der Waals surface area contributed by atoms with E-state index in [9.17, 15) is 18.0 Å². The first-order chi connectivity index (χ1) is 13.6. The second-order valence-corrected chi connectivity index (χ2v) is 8.75. The largest absolute Gasteiger partial charge is 0.452 e. The smallest absolute Gasteiger partial charge is 0.307 e. The Morgan fingerprint density at radius 3 is 2.52 bits per heavy atom. The third-order valence-corrected chi connectivity index (χ3v) is 5.74. The Bertz CT molecular complexity index is 1010. The summed E-state index contributed by atoms with van der Waals surface area (Å²) in [6, 6.07) is 11.3. The third-order valence-electron chi connectivity index (χ3n) is 4.04. The molecule has 0 aliphatic carbocycles. The topological polar surface area (TPSA) is 102 Å². The quantitative estimate of drug-likeness (QED) is 0.616.